The van der Waals surface area contributed by atoms with E-state index in [-0.39, 0.29) is 30.8 Å². The van der Waals surface area contributed by atoms with Gasteiger partial charge in [-0.2, -0.15) is 0 Å². The van der Waals surface area contributed by atoms with Gasteiger partial charge in [0.15, 0.2) is 0 Å². The predicted octanol–water partition coefficient (Wildman–Crippen LogP) is 1.29. The molecule has 0 spiro atoms. The Hall–Kier alpha value is -1.63. The average Bonchev–Trinajstić information content (AvgIpc) is 2.45. The van der Waals surface area contributed by atoms with Gasteiger partial charge in [0, 0.05) is 39.0 Å². The van der Waals surface area contributed by atoms with Crippen molar-refractivity contribution in [2.24, 2.45) is 0 Å². The monoisotopic (exact) mass is 329 g/mol. The molecular formula is C15H24ClN3O3. The highest BCUT2D eigenvalue weighted by atomic mass is 35.5. The summed E-state index contributed by atoms with van der Waals surface area (Å²) < 4.78 is 4.89. The molecule has 0 saturated heterocycles. The molecule has 2 amide bonds. The first kappa shape index (κ1) is 20.4. The van der Waals surface area contributed by atoms with Crippen LogP contribution < -0.4 is 10.6 Å². The van der Waals surface area contributed by atoms with E-state index in [1.165, 1.54) is 4.90 Å². The van der Waals surface area contributed by atoms with Crippen LogP contribution in [0.3, 0.4) is 0 Å². The minimum atomic E-state index is -0.149. The minimum absolute atomic E-state index is 0. The fourth-order valence-corrected chi connectivity index (χ4v) is 1.72. The van der Waals surface area contributed by atoms with Crippen LogP contribution >= 0.6 is 12.4 Å². The molecule has 0 unspecified atom stereocenters. The topological polar surface area (TPSA) is 70.7 Å². The summed E-state index contributed by atoms with van der Waals surface area (Å²) in [6.45, 7) is 3.26. The molecule has 1 aromatic carbocycles. The Labute approximate surface area is 137 Å². The second-order valence-electron chi connectivity index (χ2n) is 4.95. The SMILES string of the molecule is COCCNCC(=O)Nc1cc(C(=O)N(C)C)ccc1C.Cl. The normalized spacial score (nSPS) is 9.82. The maximum Gasteiger partial charge on any atom is 0.253 e. The average molecular weight is 330 g/mol. The molecule has 0 aliphatic rings. The lowest BCUT2D eigenvalue weighted by atomic mass is 10.1. The van der Waals surface area contributed by atoms with Crippen LogP contribution in [0, 0.1) is 6.92 Å². The van der Waals surface area contributed by atoms with Crippen LogP contribution in [0.25, 0.3) is 0 Å². The Morgan fingerprint density at radius 2 is 1.95 bits per heavy atom. The van der Waals surface area contributed by atoms with Crippen molar-refractivity contribution in [2.45, 2.75) is 6.92 Å². The molecule has 1 aromatic rings. The largest absolute Gasteiger partial charge is 0.383 e. The molecule has 0 heterocycles. The quantitative estimate of drug-likeness (QED) is 0.740. The first-order chi connectivity index (χ1) is 9.95. The van der Waals surface area contributed by atoms with E-state index in [2.05, 4.69) is 10.6 Å². The van der Waals surface area contributed by atoms with Gasteiger partial charge in [-0.15, -0.1) is 12.4 Å². The lowest BCUT2D eigenvalue weighted by Gasteiger charge is -2.13. The maximum atomic E-state index is 11.9. The van der Waals surface area contributed by atoms with E-state index in [1.54, 1.807) is 33.3 Å². The minimum Gasteiger partial charge on any atom is -0.383 e. The number of rotatable bonds is 7. The van der Waals surface area contributed by atoms with Crippen LogP contribution in [0.2, 0.25) is 0 Å². The van der Waals surface area contributed by atoms with E-state index in [4.69, 9.17) is 4.74 Å². The van der Waals surface area contributed by atoms with E-state index in [0.29, 0.717) is 24.4 Å². The molecule has 7 heteroatoms. The number of nitrogens with zero attached hydrogens (tertiary/aromatic N) is 1. The number of anilines is 1. The Bertz CT molecular complexity index is 507. The summed E-state index contributed by atoms with van der Waals surface area (Å²) in [5, 5.41) is 5.78. The number of hydrogen-bond acceptors (Lipinski definition) is 4. The maximum absolute atomic E-state index is 11.9. The first-order valence-corrected chi connectivity index (χ1v) is 6.77. The molecule has 22 heavy (non-hydrogen) atoms. The van der Waals surface area contributed by atoms with E-state index in [1.807, 2.05) is 13.0 Å². The Balaban J connectivity index is 0.00000441. The Kier molecular flexibility index (Phi) is 9.40. The first-order valence-electron chi connectivity index (χ1n) is 6.77. The summed E-state index contributed by atoms with van der Waals surface area (Å²) in [4.78, 5) is 25.3. The van der Waals surface area contributed by atoms with Gasteiger partial charge in [0.2, 0.25) is 5.91 Å². The molecule has 2 N–H and O–H groups in total. The summed E-state index contributed by atoms with van der Waals surface area (Å²) in [6.07, 6.45) is 0. The molecule has 6 nitrogen and oxygen atoms in total. The number of amides is 2. The van der Waals surface area contributed by atoms with Gasteiger partial charge >= 0.3 is 0 Å². The van der Waals surface area contributed by atoms with Crippen molar-refractivity contribution in [1.82, 2.24) is 10.2 Å². The molecule has 0 aliphatic heterocycles. The number of carbonyl (C=O) groups excluding carboxylic acids is 2. The third-order valence-electron chi connectivity index (χ3n) is 2.93. The smallest absolute Gasteiger partial charge is 0.253 e. The van der Waals surface area contributed by atoms with Crippen molar-refractivity contribution in [3.63, 3.8) is 0 Å². The fourth-order valence-electron chi connectivity index (χ4n) is 1.72. The van der Waals surface area contributed by atoms with Crippen molar-refractivity contribution in [3.8, 4) is 0 Å². The highest BCUT2D eigenvalue weighted by Gasteiger charge is 2.11. The molecule has 0 fully saturated rings. The summed E-state index contributed by atoms with van der Waals surface area (Å²) >= 11 is 0. The Morgan fingerprint density at radius 3 is 2.55 bits per heavy atom. The van der Waals surface area contributed by atoms with Crippen molar-refractivity contribution in [3.05, 3.63) is 29.3 Å². The number of hydrogen-bond donors (Lipinski definition) is 2. The second-order valence-corrected chi connectivity index (χ2v) is 4.95. The molecule has 1 rings (SSSR count). The van der Waals surface area contributed by atoms with Crippen molar-refractivity contribution < 1.29 is 14.3 Å². The van der Waals surface area contributed by atoms with Crippen molar-refractivity contribution >= 4 is 29.9 Å². The lowest BCUT2D eigenvalue weighted by Crippen LogP contribution is -2.30. The molecule has 0 aromatic heterocycles. The van der Waals surface area contributed by atoms with Crippen molar-refractivity contribution in [1.29, 1.82) is 0 Å². The van der Waals surface area contributed by atoms with Crippen molar-refractivity contribution in [2.75, 3.05) is 46.2 Å². The van der Waals surface area contributed by atoms with E-state index in [0.717, 1.165) is 5.56 Å². The number of ether oxygens (including phenoxy) is 1. The van der Waals surface area contributed by atoms with E-state index in [9.17, 15) is 9.59 Å². The number of benzene rings is 1. The van der Waals surface area contributed by atoms with Crippen LogP contribution in [0.1, 0.15) is 15.9 Å². The van der Waals surface area contributed by atoms with Gasteiger partial charge < -0.3 is 20.3 Å². The third kappa shape index (κ3) is 6.43. The van der Waals surface area contributed by atoms with Crippen LogP contribution in [0.4, 0.5) is 5.69 Å². The predicted molar refractivity (Wildman–Crippen MR) is 89.8 cm³/mol. The number of halogens is 1. The summed E-state index contributed by atoms with van der Waals surface area (Å²) in [5.74, 6) is -0.243. The molecular weight excluding hydrogens is 306 g/mol. The second kappa shape index (κ2) is 10.2. The van der Waals surface area contributed by atoms with Gasteiger partial charge in [0.05, 0.1) is 13.2 Å². The number of methoxy groups -OCH3 is 1. The van der Waals surface area contributed by atoms with Gasteiger partial charge in [0.25, 0.3) is 5.91 Å². The van der Waals surface area contributed by atoms with Gasteiger partial charge in [-0.1, -0.05) is 6.07 Å². The summed E-state index contributed by atoms with van der Waals surface area (Å²) in [5.41, 5.74) is 2.12. The van der Waals surface area contributed by atoms with Gasteiger partial charge in [-0.05, 0) is 24.6 Å². The van der Waals surface area contributed by atoms with Crippen LogP contribution in [0.15, 0.2) is 18.2 Å². The molecule has 0 saturated carbocycles. The van der Waals surface area contributed by atoms with E-state index < -0.39 is 0 Å². The zero-order valence-corrected chi connectivity index (χ0v) is 14.3. The molecule has 124 valence electrons. The molecule has 0 bridgehead atoms. The molecule has 0 atom stereocenters. The van der Waals surface area contributed by atoms with Crippen LogP contribution in [0.5, 0.6) is 0 Å². The summed E-state index contributed by atoms with van der Waals surface area (Å²) in [7, 11) is 5.00. The van der Waals surface area contributed by atoms with Gasteiger partial charge in [-0.3, -0.25) is 9.59 Å². The molecule has 0 aliphatic carbocycles. The van der Waals surface area contributed by atoms with Gasteiger partial charge in [0.1, 0.15) is 0 Å². The zero-order chi connectivity index (χ0) is 15.8. The zero-order valence-electron chi connectivity index (χ0n) is 13.4. The number of carbonyl (C=O) groups is 2. The number of nitrogens with one attached hydrogen (secondary N) is 2. The fraction of sp³-hybridized carbons (Fsp3) is 0.467. The molecule has 0 radical (unpaired) electrons. The number of aryl methyl sites for hydroxylation is 1. The summed E-state index contributed by atoms with van der Waals surface area (Å²) in [6, 6.07) is 5.28. The Morgan fingerprint density at radius 1 is 1.27 bits per heavy atom. The van der Waals surface area contributed by atoms with Crippen LogP contribution in [-0.2, 0) is 9.53 Å². The highest BCUT2D eigenvalue weighted by molar-refractivity contribution is 5.98. The standard InChI is InChI=1S/C15H23N3O3.ClH/c1-11-5-6-12(15(20)18(2)3)9-13(11)17-14(19)10-16-7-8-21-4;/h5-6,9,16H,7-8,10H2,1-4H3,(H,17,19);1H. The van der Waals surface area contributed by atoms with Crippen LogP contribution in [-0.4, -0.2) is 57.6 Å². The van der Waals surface area contributed by atoms with Gasteiger partial charge in [-0.25, -0.2) is 0 Å². The van der Waals surface area contributed by atoms with E-state index >= 15 is 0 Å². The lowest BCUT2D eigenvalue weighted by molar-refractivity contribution is -0.115. The third-order valence-corrected chi connectivity index (χ3v) is 2.93. The highest BCUT2D eigenvalue weighted by Crippen LogP contribution is 2.17.